The van der Waals surface area contributed by atoms with Gasteiger partial charge in [-0.1, -0.05) is 0 Å². The predicted molar refractivity (Wildman–Crippen MR) is 157 cm³/mol. The SMILES string of the molecule is O=C(Nc1cc(F)c(-c2nc(N3CCOCC3)c3cnn(C4CCN(C(=O)c5cccnc5)CC4)c3n2)cc1F)NC1CC1. The third-order valence-electron chi connectivity index (χ3n) is 8.21. The zero-order valence-electron chi connectivity index (χ0n) is 23.9. The van der Waals surface area contributed by atoms with Crippen LogP contribution < -0.4 is 15.5 Å². The van der Waals surface area contributed by atoms with Crippen LogP contribution in [-0.2, 0) is 4.74 Å². The number of ether oxygens (including phenoxy) is 1. The summed E-state index contributed by atoms with van der Waals surface area (Å²) in [7, 11) is 0. The molecule has 7 rings (SSSR count). The standard InChI is InChI=1S/C30H31F2N9O3/c31-23-15-25(36-30(43)35-19-3-4-19)24(32)14-21(23)26-37-27(39-10-12-44-13-11-39)22-17-34-41(28(22)38-26)20-5-8-40(9-6-20)29(42)18-2-1-7-33-16-18/h1-2,7,14-17,19-20H,3-6,8-13H2,(H2,35,36,43). The number of piperidine rings is 1. The van der Waals surface area contributed by atoms with Crippen LogP contribution in [0.15, 0.2) is 42.9 Å². The molecule has 0 bridgehead atoms. The second-order valence-electron chi connectivity index (χ2n) is 11.2. The van der Waals surface area contributed by atoms with Crippen LogP contribution in [0.2, 0.25) is 0 Å². The summed E-state index contributed by atoms with van der Waals surface area (Å²) in [5, 5.41) is 10.5. The fourth-order valence-corrected chi connectivity index (χ4v) is 5.69. The minimum absolute atomic E-state index is 0.00955. The summed E-state index contributed by atoms with van der Waals surface area (Å²) in [6.45, 7) is 3.20. The van der Waals surface area contributed by atoms with Gasteiger partial charge in [0.15, 0.2) is 11.5 Å². The van der Waals surface area contributed by atoms with E-state index in [1.54, 1.807) is 35.6 Å². The number of urea groups is 1. The maximum atomic E-state index is 15.5. The van der Waals surface area contributed by atoms with Crippen molar-refractivity contribution in [2.24, 2.45) is 0 Å². The van der Waals surface area contributed by atoms with Gasteiger partial charge in [0, 0.05) is 50.7 Å². The number of pyridine rings is 1. The summed E-state index contributed by atoms with van der Waals surface area (Å²) in [6.07, 6.45) is 7.92. The quantitative estimate of drug-likeness (QED) is 0.341. The number of benzene rings is 1. The summed E-state index contributed by atoms with van der Waals surface area (Å²) in [4.78, 5) is 42.4. The zero-order chi connectivity index (χ0) is 30.2. The highest BCUT2D eigenvalue weighted by molar-refractivity contribution is 5.94. The molecule has 1 aromatic carbocycles. The maximum absolute atomic E-state index is 15.5. The zero-order valence-corrected chi connectivity index (χ0v) is 23.9. The van der Waals surface area contributed by atoms with E-state index < -0.39 is 17.7 Å². The Balaban J connectivity index is 1.20. The Morgan fingerprint density at radius 1 is 0.955 bits per heavy atom. The first-order valence-corrected chi connectivity index (χ1v) is 14.8. The predicted octanol–water partition coefficient (Wildman–Crippen LogP) is 3.76. The first-order valence-electron chi connectivity index (χ1n) is 14.8. The van der Waals surface area contributed by atoms with Crippen molar-refractivity contribution in [2.45, 2.75) is 37.8 Å². The number of nitrogens with zero attached hydrogens (tertiary/aromatic N) is 7. The molecule has 14 heteroatoms. The smallest absolute Gasteiger partial charge is 0.319 e. The van der Waals surface area contributed by atoms with E-state index in [9.17, 15) is 9.59 Å². The molecular formula is C30H31F2N9O3. The molecule has 228 valence electrons. The molecule has 3 fully saturated rings. The van der Waals surface area contributed by atoms with Gasteiger partial charge in [0.1, 0.15) is 17.5 Å². The van der Waals surface area contributed by atoms with Crippen molar-refractivity contribution in [1.82, 2.24) is 34.9 Å². The average molecular weight is 604 g/mol. The van der Waals surface area contributed by atoms with Crippen LogP contribution in [0.25, 0.3) is 22.4 Å². The number of rotatable bonds is 6. The van der Waals surface area contributed by atoms with Crippen LogP contribution in [0, 0.1) is 11.6 Å². The lowest BCUT2D eigenvalue weighted by atomic mass is 10.0. The monoisotopic (exact) mass is 603 g/mol. The number of aromatic nitrogens is 5. The van der Waals surface area contributed by atoms with E-state index in [2.05, 4.69) is 20.7 Å². The first kappa shape index (κ1) is 28.1. The summed E-state index contributed by atoms with van der Waals surface area (Å²) >= 11 is 0. The minimum Gasteiger partial charge on any atom is -0.378 e. The van der Waals surface area contributed by atoms with Gasteiger partial charge >= 0.3 is 6.03 Å². The lowest BCUT2D eigenvalue weighted by Crippen LogP contribution is -2.39. The number of anilines is 2. The van der Waals surface area contributed by atoms with Gasteiger partial charge in [-0.25, -0.2) is 28.2 Å². The molecule has 3 amide bonds. The fourth-order valence-electron chi connectivity index (χ4n) is 5.69. The highest BCUT2D eigenvalue weighted by Gasteiger charge is 2.29. The van der Waals surface area contributed by atoms with E-state index in [1.807, 2.05) is 9.58 Å². The molecule has 1 aliphatic carbocycles. The molecule has 2 saturated heterocycles. The number of carbonyl (C=O) groups is 2. The molecule has 0 spiro atoms. The van der Waals surface area contributed by atoms with Crippen LogP contribution in [-0.4, -0.2) is 87.0 Å². The van der Waals surface area contributed by atoms with Crippen molar-refractivity contribution >= 4 is 34.5 Å². The second kappa shape index (κ2) is 11.8. The molecule has 0 radical (unpaired) electrons. The van der Waals surface area contributed by atoms with E-state index in [-0.39, 0.29) is 35.1 Å². The third-order valence-corrected chi connectivity index (χ3v) is 8.21. The Kier molecular flexibility index (Phi) is 7.50. The van der Waals surface area contributed by atoms with E-state index in [0.717, 1.165) is 25.0 Å². The van der Waals surface area contributed by atoms with Crippen LogP contribution in [0.3, 0.4) is 0 Å². The first-order chi connectivity index (χ1) is 21.4. The van der Waals surface area contributed by atoms with Gasteiger partial charge in [-0.3, -0.25) is 9.78 Å². The number of hydrogen-bond donors (Lipinski definition) is 2. The Hall–Kier alpha value is -4.72. The topological polar surface area (TPSA) is 130 Å². The molecule has 3 aromatic heterocycles. The normalized spacial score (nSPS) is 17.6. The molecular weight excluding hydrogens is 572 g/mol. The summed E-state index contributed by atoms with van der Waals surface area (Å²) in [5.74, 6) is -1.07. The van der Waals surface area contributed by atoms with Crippen molar-refractivity contribution in [3.05, 3.63) is 60.1 Å². The number of hydrogen-bond acceptors (Lipinski definition) is 8. The van der Waals surface area contributed by atoms with Gasteiger partial charge in [-0.2, -0.15) is 5.10 Å². The van der Waals surface area contributed by atoms with Gasteiger partial charge in [0.2, 0.25) is 0 Å². The Labute approximate surface area is 251 Å². The van der Waals surface area contributed by atoms with E-state index >= 15 is 8.78 Å². The number of nitrogens with one attached hydrogen (secondary N) is 2. The largest absolute Gasteiger partial charge is 0.378 e. The van der Waals surface area contributed by atoms with Crippen molar-refractivity contribution < 1.29 is 23.1 Å². The van der Waals surface area contributed by atoms with Crippen LogP contribution in [0.1, 0.15) is 42.1 Å². The van der Waals surface area contributed by atoms with Crippen molar-refractivity contribution in [1.29, 1.82) is 0 Å². The highest BCUT2D eigenvalue weighted by Crippen LogP contribution is 2.34. The molecule has 2 aliphatic heterocycles. The van der Waals surface area contributed by atoms with E-state index in [1.165, 1.54) is 0 Å². The van der Waals surface area contributed by atoms with Crippen molar-refractivity contribution in [3.8, 4) is 11.4 Å². The summed E-state index contributed by atoms with van der Waals surface area (Å²) in [5.41, 5.74) is 0.648. The maximum Gasteiger partial charge on any atom is 0.319 e. The van der Waals surface area contributed by atoms with E-state index in [0.29, 0.717) is 74.6 Å². The number of morpholine rings is 1. The molecule has 5 heterocycles. The number of carbonyl (C=O) groups excluding carboxylic acids is 2. The summed E-state index contributed by atoms with van der Waals surface area (Å²) < 4.78 is 38.1. The van der Waals surface area contributed by atoms with Gasteiger partial charge < -0.3 is 25.2 Å². The van der Waals surface area contributed by atoms with Crippen molar-refractivity contribution in [2.75, 3.05) is 49.6 Å². The van der Waals surface area contributed by atoms with Gasteiger partial charge in [-0.05, 0) is 43.9 Å². The van der Waals surface area contributed by atoms with Crippen LogP contribution in [0.5, 0.6) is 0 Å². The van der Waals surface area contributed by atoms with Gasteiger partial charge in [-0.15, -0.1) is 0 Å². The highest BCUT2D eigenvalue weighted by atomic mass is 19.1. The molecule has 0 atom stereocenters. The number of fused-ring (bicyclic) bond motifs is 1. The molecule has 44 heavy (non-hydrogen) atoms. The Bertz CT molecular complexity index is 1700. The van der Waals surface area contributed by atoms with Crippen LogP contribution in [0.4, 0.5) is 25.1 Å². The molecule has 3 aliphatic rings. The lowest BCUT2D eigenvalue weighted by Gasteiger charge is -2.32. The van der Waals surface area contributed by atoms with Gasteiger partial charge in [0.25, 0.3) is 5.91 Å². The lowest BCUT2D eigenvalue weighted by molar-refractivity contribution is 0.0691. The van der Waals surface area contributed by atoms with Crippen LogP contribution >= 0.6 is 0 Å². The molecule has 0 unspecified atom stereocenters. The Morgan fingerprint density at radius 3 is 2.48 bits per heavy atom. The molecule has 2 N–H and O–H groups in total. The van der Waals surface area contributed by atoms with E-state index in [4.69, 9.17) is 14.7 Å². The molecule has 1 saturated carbocycles. The third kappa shape index (κ3) is 5.64. The van der Waals surface area contributed by atoms with Gasteiger partial charge in [0.05, 0.1) is 47.7 Å². The minimum atomic E-state index is -0.803. The number of likely N-dealkylation sites (tertiary alicyclic amines) is 1. The number of amides is 3. The summed E-state index contributed by atoms with van der Waals surface area (Å²) in [6, 6.07) is 4.87. The molecule has 12 nitrogen and oxygen atoms in total. The Morgan fingerprint density at radius 2 is 1.75 bits per heavy atom. The second-order valence-corrected chi connectivity index (χ2v) is 11.2. The average Bonchev–Trinajstić information content (AvgIpc) is 3.77. The van der Waals surface area contributed by atoms with Crippen molar-refractivity contribution in [3.63, 3.8) is 0 Å². The molecule has 4 aromatic rings. The fraction of sp³-hybridized carbons (Fsp3) is 0.400. The number of halogens is 2.